The lowest BCUT2D eigenvalue weighted by molar-refractivity contribution is 0.487. The molecule has 0 aliphatic carbocycles. The largest absolute Gasteiger partial charge is 0.456 e. The molecule has 0 N–H and O–H groups in total. The summed E-state index contributed by atoms with van der Waals surface area (Å²) in [6.45, 7) is 0. The van der Waals surface area contributed by atoms with E-state index in [1.54, 1.807) is 0 Å². The van der Waals surface area contributed by atoms with Crippen LogP contribution >= 0.6 is 0 Å². The normalized spacial score (nSPS) is 12.1. The topological polar surface area (TPSA) is 28.9 Å². The third-order valence-electron chi connectivity index (χ3n) is 13.6. The van der Waals surface area contributed by atoms with Gasteiger partial charge in [-0.15, -0.1) is 0 Å². The average molecular weight is 843 g/mol. The lowest BCUT2D eigenvalue weighted by Gasteiger charge is -2.29. The molecule has 1 aliphatic rings. The minimum Gasteiger partial charge on any atom is -0.456 e. The van der Waals surface area contributed by atoms with Crippen LogP contribution in [-0.4, -0.2) is 0 Å². The Labute approximate surface area is 380 Å². The number of para-hydroxylation sites is 4. The Bertz CT molecular complexity index is 4100. The average Bonchev–Trinajstić information content (AvgIpc) is 3.77. The Hall–Kier alpha value is -8.86. The molecule has 12 aromatic carbocycles. The van der Waals surface area contributed by atoms with Crippen molar-refractivity contribution in [2.24, 2.45) is 0 Å². The number of fused-ring (bicyclic) bond motifs is 12. The number of nitrogens with zero attached hydrogens (tertiary/aromatic N) is 2. The Morgan fingerprint density at radius 1 is 0.288 bits per heavy atom. The SMILES string of the molecule is c1ccc(N(c2ccc3c(ccc4ccccc43)c2)c2cc3c4cccc5c4c(cc3c3ccccc23)-c2ccc(N(c3ccccc3)c3cccc4c3oc3ccccc34)cc2O5)cc1. The highest BCUT2D eigenvalue weighted by atomic mass is 16.5. The van der Waals surface area contributed by atoms with Crippen LogP contribution < -0.4 is 14.5 Å². The second-order valence-corrected chi connectivity index (χ2v) is 17.2. The number of furan rings is 1. The van der Waals surface area contributed by atoms with Crippen molar-refractivity contribution >= 4 is 110 Å². The highest BCUT2D eigenvalue weighted by Crippen LogP contribution is 2.53. The van der Waals surface area contributed by atoms with E-state index in [0.29, 0.717) is 0 Å². The first-order valence-corrected chi connectivity index (χ1v) is 22.5. The molecule has 14 rings (SSSR count). The van der Waals surface area contributed by atoms with Gasteiger partial charge in [-0.1, -0.05) is 146 Å². The highest BCUT2D eigenvalue weighted by Gasteiger charge is 2.27. The fourth-order valence-electron chi connectivity index (χ4n) is 10.6. The molecule has 4 nitrogen and oxygen atoms in total. The van der Waals surface area contributed by atoms with Crippen molar-refractivity contribution in [1.82, 2.24) is 0 Å². The van der Waals surface area contributed by atoms with Gasteiger partial charge in [-0.2, -0.15) is 0 Å². The molecule has 13 aromatic rings. The maximum atomic E-state index is 7.01. The molecule has 0 atom stereocenters. The zero-order valence-corrected chi connectivity index (χ0v) is 35.7. The van der Waals surface area contributed by atoms with E-state index in [4.69, 9.17) is 9.15 Å². The second-order valence-electron chi connectivity index (χ2n) is 17.2. The number of benzene rings is 12. The van der Waals surface area contributed by atoms with Crippen LogP contribution in [0, 0.1) is 0 Å². The molecule has 66 heavy (non-hydrogen) atoms. The minimum absolute atomic E-state index is 0.810. The van der Waals surface area contributed by atoms with Crippen LogP contribution in [0.25, 0.3) is 86.9 Å². The van der Waals surface area contributed by atoms with E-state index in [1.165, 1.54) is 43.1 Å². The van der Waals surface area contributed by atoms with Crippen molar-refractivity contribution < 1.29 is 9.15 Å². The standard InChI is InChI=1S/C62H38N2O2/c1-3-16-41(17-4-1)63(56-26-13-25-52-49-23-11-12-27-58(49)66-62(52)56)44-32-34-50-55-37-53-47-21-9-10-22-48(47)57(38-54(53)51-24-14-28-59(61(51)55)65-60(50)36-44)64(42-18-5-2-6-19-42)43-31-33-46-40(35-43)30-29-39-15-7-8-20-45(39)46/h1-38H. The van der Waals surface area contributed by atoms with Crippen LogP contribution in [0.5, 0.6) is 11.5 Å². The summed E-state index contributed by atoms with van der Waals surface area (Å²) in [6, 6.07) is 82.7. The van der Waals surface area contributed by atoms with Gasteiger partial charge in [0.05, 0.1) is 17.1 Å². The van der Waals surface area contributed by atoms with Crippen LogP contribution in [-0.2, 0) is 0 Å². The van der Waals surface area contributed by atoms with Gasteiger partial charge in [-0.05, 0) is 128 Å². The lowest BCUT2D eigenvalue weighted by Crippen LogP contribution is -2.11. The van der Waals surface area contributed by atoms with Gasteiger partial charge in [0.2, 0.25) is 0 Å². The van der Waals surface area contributed by atoms with Crippen LogP contribution in [0.2, 0.25) is 0 Å². The first-order valence-electron chi connectivity index (χ1n) is 22.5. The molecule has 1 aliphatic heterocycles. The molecule has 1 aromatic heterocycles. The number of hydrogen-bond acceptors (Lipinski definition) is 4. The van der Waals surface area contributed by atoms with Gasteiger partial charge in [0.1, 0.15) is 17.1 Å². The van der Waals surface area contributed by atoms with Gasteiger partial charge in [-0.25, -0.2) is 0 Å². The van der Waals surface area contributed by atoms with Crippen molar-refractivity contribution in [3.63, 3.8) is 0 Å². The molecule has 0 bridgehead atoms. The predicted molar refractivity (Wildman–Crippen MR) is 276 cm³/mol. The Kier molecular flexibility index (Phi) is 7.95. The summed E-state index contributed by atoms with van der Waals surface area (Å²) in [4.78, 5) is 4.69. The quantitative estimate of drug-likeness (QED) is 0.156. The van der Waals surface area contributed by atoms with E-state index in [2.05, 4.69) is 228 Å². The highest BCUT2D eigenvalue weighted by molar-refractivity contribution is 6.26. The summed E-state index contributed by atoms with van der Waals surface area (Å²) in [7, 11) is 0. The van der Waals surface area contributed by atoms with E-state index in [1.807, 2.05) is 12.1 Å². The molecular formula is C62H38N2O2. The Balaban J connectivity index is 0.963. The van der Waals surface area contributed by atoms with Gasteiger partial charge >= 0.3 is 0 Å². The van der Waals surface area contributed by atoms with Crippen LogP contribution in [0.4, 0.5) is 34.1 Å². The summed E-state index contributed by atoms with van der Waals surface area (Å²) in [5.74, 6) is 1.65. The summed E-state index contributed by atoms with van der Waals surface area (Å²) >= 11 is 0. The number of anilines is 6. The third kappa shape index (κ3) is 5.52. The van der Waals surface area contributed by atoms with Crippen molar-refractivity contribution in [2.45, 2.75) is 0 Å². The molecule has 0 unspecified atom stereocenters. The first kappa shape index (κ1) is 36.6. The zero-order chi connectivity index (χ0) is 43.3. The first-order chi connectivity index (χ1) is 32.7. The molecule has 0 amide bonds. The number of ether oxygens (including phenoxy) is 1. The van der Waals surface area contributed by atoms with Gasteiger partial charge in [0, 0.05) is 50.2 Å². The van der Waals surface area contributed by atoms with Crippen molar-refractivity contribution in [3.05, 3.63) is 231 Å². The fraction of sp³-hybridized carbons (Fsp3) is 0. The molecule has 0 saturated carbocycles. The van der Waals surface area contributed by atoms with Gasteiger partial charge in [0.15, 0.2) is 5.58 Å². The van der Waals surface area contributed by atoms with E-state index < -0.39 is 0 Å². The number of rotatable bonds is 6. The molecule has 0 radical (unpaired) electrons. The Morgan fingerprint density at radius 2 is 0.894 bits per heavy atom. The number of hydrogen-bond donors (Lipinski definition) is 0. The fourth-order valence-corrected chi connectivity index (χ4v) is 10.6. The van der Waals surface area contributed by atoms with Crippen LogP contribution in [0.15, 0.2) is 235 Å². The van der Waals surface area contributed by atoms with E-state index in [9.17, 15) is 0 Å². The third-order valence-corrected chi connectivity index (χ3v) is 13.6. The van der Waals surface area contributed by atoms with E-state index >= 15 is 0 Å². The maximum Gasteiger partial charge on any atom is 0.159 e. The molecule has 308 valence electrons. The van der Waals surface area contributed by atoms with Gasteiger partial charge < -0.3 is 19.0 Å². The Morgan fingerprint density at radius 3 is 1.73 bits per heavy atom. The predicted octanol–water partition coefficient (Wildman–Crippen LogP) is 18.1. The zero-order valence-electron chi connectivity index (χ0n) is 35.7. The molecule has 0 saturated heterocycles. The summed E-state index contributed by atoms with van der Waals surface area (Å²) in [5.41, 5.74) is 10.2. The molecular weight excluding hydrogens is 805 g/mol. The maximum absolute atomic E-state index is 7.01. The molecule has 0 fully saturated rings. The minimum atomic E-state index is 0.810. The smallest absolute Gasteiger partial charge is 0.159 e. The summed E-state index contributed by atoms with van der Waals surface area (Å²) < 4.78 is 13.6. The van der Waals surface area contributed by atoms with Crippen molar-refractivity contribution in [2.75, 3.05) is 9.80 Å². The van der Waals surface area contributed by atoms with Gasteiger partial charge in [0.25, 0.3) is 0 Å². The second kappa shape index (κ2) is 14.3. The lowest BCUT2D eigenvalue weighted by atomic mass is 9.88. The van der Waals surface area contributed by atoms with Gasteiger partial charge in [-0.3, -0.25) is 0 Å². The van der Waals surface area contributed by atoms with E-state index in [-0.39, 0.29) is 0 Å². The van der Waals surface area contributed by atoms with Crippen molar-refractivity contribution in [1.29, 1.82) is 0 Å². The monoisotopic (exact) mass is 842 g/mol. The molecule has 0 spiro atoms. The van der Waals surface area contributed by atoms with Crippen molar-refractivity contribution in [3.8, 4) is 22.6 Å². The summed E-state index contributed by atoms with van der Waals surface area (Å²) in [6.07, 6.45) is 0. The van der Waals surface area contributed by atoms with Crippen LogP contribution in [0.1, 0.15) is 0 Å². The summed E-state index contributed by atoms with van der Waals surface area (Å²) in [5, 5.41) is 14.2. The van der Waals surface area contributed by atoms with E-state index in [0.717, 1.165) is 89.5 Å². The molecule has 4 heteroatoms. The van der Waals surface area contributed by atoms with Crippen LogP contribution in [0.3, 0.4) is 0 Å². The molecule has 2 heterocycles.